The zero-order valence-corrected chi connectivity index (χ0v) is 9.95. The maximum atomic E-state index is 11.9. The molecule has 0 aliphatic rings. The number of nitrogens with zero attached hydrogens (tertiary/aromatic N) is 1. The Morgan fingerprint density at radius 1 is 1.24 bits per heavy atom. The van der Waals surface area contributed by atoms with Crippen molar-refractivity contribution in [1.82, 2.24) is 4.98 Å². The summed E-state index contributed by atoms with van der Waals surface area (Å²) in [5.74, 6) is 0.392. The highest BCUT2D eigenvalue weighted by atomic mass is 32.1. The van der Waals surface area contributed by atoms with E-state index in [0.29, 0.717) is 16.8 Å². The van der Waals surface area contributed by atoms with Crippen molar-refractivity contribution < 1.29 is 4.42 Å². The van der Waals surface area contributed by atoms with Gasteiger partial charge in [-0.25, -0.2) is 9.78 Å². The minimum Gasteiger partial charge on any atom is -0.402 e. The van der Waals surface area contributed by atoms with Crippen molar-refractivity contribution >= 4 is 22.2 Å². The molecule has 2 aromatic heterocycles. The second-order valence-electron chi connectivity index (χ2n) is 3.75. The quantitative estimate of drug-likeness (QED) is 0.659. The molecule has 0 fully saturated rings. The Labute approximate surface area is 101 Å². The van der Waals surface area contributed by atoms with Gasteiger partial charge in [-0.3, -0.25) is 0 Å². The lowest BCUT2D eigenvalue weighted by Gasteiger charge is -2.01. The molecule has 0 radical (unpaired) electrons. The maximum absolute atomic E-state index is 11.9. The molecule has 0 bridgehead atoms. The molecule has 3 aromatic rings. The molecule has 84 valence electrons. The molecule has 0 atom stereocenters. The van der Waals surface area contributed by atoms with E-state index in [1.807, 2.05) is 42.6 Å². The third kappa shape index (κ3) is 1.66. The lowest BCUT2D eigenvalue weighted by atomic mass is 10.1. The first-order valence-electron chi connectivity index (χ1n) is 5.20. The van der Waals surface area contributed by atoms with Crippen LogP contribution in [0.3, 0.4) is 0 Å². The van der Waals surface area contributed by atoms with Gasteiger partial charge in [0.2, 0.25) is 5.89 Å². The Morgan fingerprint density at radius 3 is 2.88 bits per heavy atom. The Kier molecular flexibility index (Phi) is 2.30. The Hall–Kier alpha value is -1.94. The molecule has 0 saturated heterocycles. The van der Waals surface area contributed by atoms with Crippen molar-refractivity contribution in [2.75, 3.05) is 0 Å². The zero-order chi connectivity index (χ0) is 11.8. The van der Waals surface area contributed by atoms with Crippen molar-refractivity contribution in [1.29, 1.82) is 0 Å². The van der Waals surface area contributed by atoms with Gasteiger partial charge < -0.3 is 4.42 Å². The van der Waals surface area contributed by atoms with Gasteiger partial charge in [0, 0.05) is 0 Å². The number of hydrogen-bond acceptors (Lipinski definition) is 4. The molecular formula is C13H9NO2S. The Balaban J connectivity index is 2.36. The van der Waals surface area contributed by atoms with E-state index in [4.69, 9.17) is 4.42 Å². The highest BCUT2D eigenvalue weighted by Gasteiger charge is 2.10. The summed E-state index contributed by atoms with van der Waals surface area (Å²) in [6, 6.07) is 9.39. The summed E-state index contributed by atoms with van der Waals surface area (Å²) >= 11 is 1.50. The van der Waals surface area contributed by atoms with Gasteiger partial charge in [-0.05, 0) is 30.0 Å². The number of hydrogen-bond donors (Lipinski definition) is 0. The molecule has 1 aromatic carbocycles. The second-order valence-corrected chi connectivity index (χ2v) is 4.70. The van der Waals surface area contributed by atoms with Crippen LogP contribution in [0.15, 0.2) is 44.9 Å². The van der Waals surface area contributed by atoms with E-state index in [9.17, 15) is 4.79 Å². The third-order valence-corrected chi connectivity index (χ3v) is 3.46. The van der Waals surface area contributed by atoms with Crippen molar-refractivity contribution in [3.8, 4) is 10.8 Å². The first kappa shape index (κ1) is 10.2. The van der Waals surface area contributed by atoms with Crippen LogP contribution in [0.5, 0.6) is 0 Å². The average molecular weight is 243 g/mol. The summed E-state index contributed by atoms with van der Waals surface area (Å²) in [7, 11) is 0. The van der Waals surface area contributed by atoms with Crippen molar-refractivity contribution in [3.05, 3.63) is 51.7 Å². The fourth-order valence-corrected chi connectivity index (χ4v) is 2.44. The predicted molar refractivity (Wildman–Crippen MR) is 68.3 cm³/mol. The molecule has 0 unspecified atom stereocenters. The SMILES string of the molecule is Cc1cccc2nc(-c3cccs3)oc(=O)c12. The largest absolute Gasteiger partial charge is 0.402 e. The van der Waals surface area contributed by atoms with Gasteiger partial charge in [0.25, 0.3) is 0 Å². The molecular weight excluding hydrogens is 234 g/mol. The van der Waals surface area contributed by atoms with E-state index < -0.39 is 0 Å². The molecule has 0 saturated carbocycles. The van der Waals surface area contributed by atoms with Gasteiger partial charge in [0.05, 0.1) is 15.8 Å². The first-order chi connectivity index (χ1) is 8.25. The van der Waals surface area contributed by atoms with E-state index in [2.05, 4.69) is 4.98 Å². The van der Waals surface area contributed by atoms with Crippen molar-refractivity contribution in [2.45, 2.75) is 6.92 Å². The van der Waals surface area contributed by atoms with Gasteiger partial charge in [-0.1, -0.05) is 18.2 Å². The summed E-state index contributed by atoms with van der Waals surface area (Å²) in [4.78, 5) is 17.2. The van der Waals surface area contributed by atoms with Gasteiger partial charge in [0.1, 0.15) is 0 Å². The van der Waals surface area contributed by atoms with Crippen LogP contribution in [0.4, 0.5) is 0 Å². The van der Waals surface area contributed by atoms with Gasteiger partial charge in [-0.15, -0.1) is 11.3 Å². The number of aromatic nitrogens is 1. The Bertz CT molecular complexity index is 729. The van der Waals surface area contributed by atoms with Crippen LogP contribution in [-0.4, -0.2) is 4.98 Å². The zero-order valence-electron chi connectivity index (χ0n) is 9.14. The standard InChI is InChI=1S/C13H9NO2S/c1-8-4-2-5-9-11(8)13(15)16-12(14-9)10-6-3-7-17-10/h2-7H,1H3. The van der Waals surface area contributed by atoms with Crippen LogP contribution in [0.25, 0.3) is 21.7 Å². The van der Waals surface area contributed by atoms with Crippen LogP contribution in [0.1, 0.15) is 5.56 Å². The molecule has 3 nitrogen and oxygen atoms in total. The highest BCUT2D eigenvalue weighted by molar-refractivity contribution is 7.13. The lowest BCUT2D eigenvalue weighted by molar-refractivity contribution is 0.519. The molecule has 0 amide bonds. The molecule has 4 heteroatoms. The molecule has 0 aliphatic heterocycles. The summed E-state index contributed by atoms with van der Waals surface area (Å²) in [6.45, 7) is 1.88. The monoisotopic (exact) mass is 243 g/mol. The normalized spacial score (nSPS) is 10.9. The van der Waals surface area contributed by atoms with E-state index in [0.717, 1.165) is 10.4 Å². The number of rotatable bonds is 1. The summed E-state index contributed by atoms with van der Waals surface area (Å²) in [5, 5.41) is 2.49. The number of aryl methyl sites for hydroxylation is 1. The minimum atomic E-state index is -0.323. The maximum Gasteiger partial charge on any atom is 0.347 e. The average Bonchev–Trinajstić information content (AvgIpc) is 2.81. The molecule has 3 rings (SSSR count). The summed E-state index contributed by atoms with van der Waals surface area (Å²) in [5.41, 5.74) is 1.25. The molecule has 0 N–H and O–H groups in total. The second kappa shape index (κ2) is 3.82. The van der Waals surface area contributed by atoms with Gasteiger partial charge in [-0.2, -0.15) is 0 Å². The van der Waals surface area contributed by atoms with E-state index >= 15 is 0 Å². The number of fused-ring (bicyclic) bond motifs is 1. The van der Waals surface area contributed by atoms with Crippen LogP contribution < -0.4 is 5.63 Å². The van der Waals surface area contributed by atoms with Gasteiger partial charge in [0.15, 0.2) is 0 Å². The van der Waals surface area contributed by atoms with E-state index in [1.54, 1.807) is 0 Å². The molecule has 17 heavy (non-hydrogen) atoms. The first-order valence-corrected chi connectivity index (χ1v) is 6.08. The molecule has 2 heterocycles. The van der Waals surface area contributed by atoms with E-state index in [-0.39, 0.29) is 5.63 Å². The predicted octanol–water partition coefficient (Wildman–Crippen LogP) is 3.22. The lowest BCUT2D eigenvalue weighted by Crippen LogP contribution is -2.04. The summed E-state index contributed by atoms with van der Waals surface area (Å²) < 4.78 is 5.26. The van der Waals surface area contributed by atoms with E-state index in [1.165, 1.54) is 11.3 Å². The van der Waals surface area contributed by atoms with Crippen molar-refractivity contribution in [2.24, 2.45) is 0 Å². The van der Waals surface area contributed by atoms with Crippen LogP contribution in [0, 0.1) is 6.92 Å². The van der Waals surface area contributed by atoms with Crippen LogP contribution in [0.2, 0.25) is 0 Å². The molecule has 0 spiro atoms. The summed E-state index contributed by atoms with van der Waals surface area (Å²) in [6.07, 6.45) is 0. The van der Waals surface area contributed by atoms with Crippen LogP contribution in [-0.2, 0) is 0 Å². The Morgan fingerprint density at radius 2 is 2.12 bits per heavy atom. The minimum absolute atomic E-state index is 0.323. The smallest absolute Gasteiger partial charge is 0.347 e. The van der Waals surface area contributed by atoms with Crippen LogP contribution >= 0.6 is 11.3 Å². The molecule has 0 aliphatic carbocycles. The highest BCUT2D eigenvalue weighted by Crippen LogP contribution is 2.23. The third-order valence-electron chi connectivity index (χ3n) is 2.60. The fourth-order valence-electron chi connectivity index (χ4n) is 1.79. The topological polar surface area (TPSA) is 43.1 Å². The number of thiophene rings is 1. The fraction of sp³-hybridized carbons (Fsp3) is 0.0769. The van der Waals surface area contributed by atoms with Crippen molar-refractivity contribution in [3.63, 3.8) is 0 Å². The van der Waals surface area contributed by atoms with Gasteiger partial charge >= 0.3 is 5.63 Å². The number of benzene rings is 1.